The second kappa shape index (κ2) is 10.3. The number of amides is 2. The third-order valence-corrected chi connectivity index (χ3v) is 6.07. The van der Waals surface area contributed by atoms with Crippen molar-refractivity contribution < 1.29 is 23.5 Å². The number of pyridine rings is 1. The number of halogens is 1. The molecule has 34 heavy (non-hydrogen) atoms. The minimum Gasteiger partial charge on any atom is -0.497 e. The second-order valence-corrected chi connectivity index (χ2v) is 8.09. The molecule has 0 bridgehead atoms. The van der Waals surface area contributed by atoms with E-state index in [-0.39, 0.29) is 30.5 Å². The van der Waals surface area contributed by atoms with Crippen LogP contribution in [-0.4, -0.2) is 49.0 Å². The summed E-state index contributed by atoms with van der Waals surface area (Å²) in [6, 6.07) is 14.9. The summed E-state index contributed by atoms with van der Waals surface area (Å²) in [5.74, 6) is -0.967. The van der Waals surface area contributed by atoms with Crippen LogP contribution in [0.2, 0.25) is 0 Å². The molecule has 1 aliphatic rings. The number of carbonyl (C=O) groups excluding carboxylic acids is 2. The van der Waals surface area contributed by atoms with Gasteiger partial charge >= 0.3 is 0 Å². The van der Waals surface area contributed by atoms with E-state index < -0.39 is 17.6 Å². The zero-order valence-corrected chi connectivity index (χ0v) is 19.0. The number of carbonyl (C=O) groups is 2. The Balaban J connectivity index is 1.64. The van der Waals surface area contributed by atoms with Crippen LogP contribution in [0.5, 0.6) is 11.5 Å². The Morgan fingerprint density at radius 2 is 1.91 bits per heavy atom. The maximum Gasteiger partial charge on any atom is 0.256 e. The first-order chi connectivity index (χ1) is 16.5. The van der Waals surface area contributed by atoms with Crippen molar-refractivity contribution in [1.82, 2.24) is 15.2 Å². The first-order valence-electron chi connectivity index (χ1n) is 10.9. The smallest absolute Gasteiger partial charge is 0.256 e. The molecule has 0 saturated carbocycles. The van der Waals surface area contributed by atoms with E-state index in [0.717, 1.165) is 11.1 Å². The molecule has 176 valence electrons. The molecule has 1 fully saturated rings. The molecule has 2 amide bonds. The van der Waals surface area contributed by atoms with Crippen molar-refractivity contribution in [3.8, 4) is 11.5 Å². The van der Waals surface area contributed by atoms with Crippen molar-refractivity contribution in [1.29, 1.82) is 0 Å². The van der Waals surface area contributed by atoms with Crippen molar-refractivity contribution >= 4 is 11.8 Å². The molecule has 0 spiro atoms. The van der Waals surface area contributed by atoms with Crippen LogP contribution in [0, 0.1) is 11.7 Å². The van der Waals surface area contributed by atoms with Crippen LogP contribution in [-0.2, 0) is 11.3 Å². The highest BCUT2D eigenvalue weighted by molar-refractivity contribution is 5.95. The quantitative estimate of drug-likeness (QED) is 0.581. The van der Waals surface area contributed by atoms with Gasteiger partial charge in [-0.2, -0.15) is 0 Å². The molecule has 2 aromatic carbocycles. The van der Waals surface area contributed by atoms with Gasteiger partial charge in [0.1, 0.15) is 17.3 Å². The Morgan fingerprint density at radius 1 is 1.09 bits per heavy atom. The molecular weight excluding hydrogens is 437 g/mol. The monoisotopic (exact) mass is 463 g/mol. The van der Waals surface area contributed by atoms with Gasteiger partial charge in [0.05, 0.1) is 25.7 Å². The molecule has 4 rings (SSSR count). The summed E-state index contributed by atoms with van der Waals surface area (Å²) in [4.78, 5) is 32.1. The summed E-state index contributed by atoms with van der Waals surface area (Å²) in [5, 5.41) is 2.95. The average molecular weight is 464 g/mol. The maximum atomic E-state index is 14.3. The van der Waals surface area contributed by atoms with Gasteiger partial charge < -0.3 is 19.7 Å². The lowest BCUT2D eigenvalue weighted by Crippen LogP contribution is -2.35. The Bertz CT molecular complexity index is 1170. The fourth-order valence-electron chi connectivity index (χ4n) is 4.31. The molecule has 0 radical (unpaired) electrons. The first kappa shape index (κ1) is 23.2. The van der Waals surface area contributed by atoms with Crippen molar-refractivity contribution in [2.45, 2.75) is 12.5 Å². The molecule has 1 aliphatic heterocycles. The van der Waals surface area contributed by atoms with Gasteiger partial charge in [-0.15, -0.1) is 0 Å². The fraction of sp³-hybridized carbons (Fsp3) is 0.269. The minimum absolute atomic E-state index is 0.0183. The number of hydrogen-bond acceptors (Lipinski definition) is 5. The van der Waals surface area contributed by atoms with Crippen LogP contribution in [0.1, 0.15) is 27.4 Å². The Morgan fingerprint density at radius 3 is 2.62 bits per heavy atom. The van der Waals surface area contributed by atoms with Crippen LogP contribution >= 0.6 is 0 Å². The Labute approximate surface area is 197 Å². The summed E-state index contributed by atoms with van der Waals surface area (Å²) in [6.07, 6.45) is 3.35. The molecule has 2 heterocycles. The normalized spacial score (nSPS) is 17.3. The molecule has 3 aromatic rings. The van der Waals surface area contributed by atoms with E-state index in [2.05, 4.69) is 10.3 Å². The molecule has 1 N–H and O–H groups in total. The Kier molecular flexibility index (Phi) is 7.06. The van der Waals surface area contributed by atoms with Gasteiger partial charge in [-0.1, -0.05) is 18.2 Å². The number of nitrogens with one attached hydrogen (secondary N) is 1. The first-order valence-corrected chi connectivity index (χ1v) is 10.9. The van der Waals surface area contributed by atoms with Gasteiger partial charge in [-0.3, -0.25) is 14.6 Å². The van der Waals surface area contributed by atoms with E-state index in [4.69, 9.17) is 9.47 Å². The molecule has 1 saturated heterocycles. The zero-order valence-electron chi connectivity index (χ0n) is 19.0. The molecule has 1 aromatic heterocycles. The van der Waals surface area contributed by atoms with Crippen LogP contribution in [0.4, 0.5) is 4.39 Å². The van der Waals surface area contributed by atoms with E-state index >= 15 is 0 Å². The van der Waals surface area contributed by atoms with E-state index in [1.807, 2.05) is 12.1 Å². The summed E-state index contributed by atoms with van der Waals surface area (Å²) < 4.78 is 25.3. The number of nitrogens with zero attached hydrogens (tertiary/aromatic N) is 2. The lowest BCUT2D eigenvalue weighted by molar-refractivity contribution is -0.125. The van der Waals surface area contributed by atoms with Gasteiger partial charge in [0.25, 0.3) is 5.91 Å². The standard InChI is InChI=1S/C26H26FN3O4/c1-33-18-9-10-24(34-2)20(12-18)21-15-30(26(32)19-7-3-4-8-23(19)27)16-22(21)25(31)29-14-17-6-5-11-28-13-17/h3-13,21-22H,14-16H2,1-2H3,(H,29,31). The lowest BCUT2D eigenvalue weighted by Gasteiger charge is -2.21. The number of hydrogen-bond donors (Lipinski definition) is 1. The van der Waals surface area contributed by atoms with Crippen LogP contribution in [0.15, 0.2) is 67.0 Å². The van der Waals surface area contributed by atoms with E-state index in [1.54, 1.807) is 50.9 Å². The van der Waals surface area contributed by atoms with Crippen LogP contribution in [0.25, 0.3) is 0 Å². The maximum absolute atomic E-state index is 14.3. The van der Waals surface area contributed by atoms with Gasteiger partial charge in [-0.25, -0.2) is 4.39 Å². The van der Waals surface area contributed by atoms with Crippen molar-refractivity contribution in [3.05, 3.63) is 89.5 Å². The number of rotatable bonds is 7. The predicted octanol–water partition coefficient (Wildman–Crippen LogP) is 3.41. The van der Waals surface area contributed by atoms with Gasteiger partial charge in [-0.05, 0) is 42.0 Å². The molecule has 2 atom stereocenters. The predicted molar refractivity (Wildman–Crippen MR) is 124 cm³/mol. The number of ether oxygens (including phenoxy) is 2. The highest BCUT2D eigenvalue weighted by Gasteiger charge is 2.42. The summed E-state index contributed by atoms with van der Waals surface area (Å²) >= 11 is 0. The zero-order chi connectivity index (χ0) is 24.1. The topological polar surface area (TPSA) is 80.8 Å². The number of methoxy groups -OCH3 is 2. The van der Waals surface area contributed by atoms with E-state index in [0.29, 0.717) is 18.0 Å². The third kappa shape index (κ3) is 4.85. The number of benzene rings is 2. The summed E-state index contributed by atoms with van der Waals surface area (Å²) in [6.45, 7) is 0.700. The average Bonchev–Trinajstić information content (AvgIpc) is 3.33. The summed E-state index contributed by atoms with van der Waals surface area (Å²) in [5.41, 5.74) is 1.60. The minimum atomic E-state index is -0.590. The fourth-order valence-corrected chi connectivity index (χ4v) is 4.31. The molecule has 2 unspecified atom stereocenters. The lowest BCUT2D eigenvalue weighted by atomic mass is 9.87. The van der Waals surface area contributed by atoms with Crippen LogP contribution < -0.4 is 14.8 Å². The summed E-state index contributed by atoms with van der Waals surface area (Å²) in [7, 11) is 3.12. The van der Waals surface area contributed by atoms with E-state index in [1.165, 1.54) is 23.1 Å². The number of aromatic nitrogens is 1. The van der Waals surface area contributed by atoms with Crippen molar-refractivity contribution in [2.75, 3.05) is 27.3 Å². The molecule has 7 nitrogen and oxygen atoms in total. The Hall–Kier alpha value is -3.94. The molecule has 0 aliphatic carbocycles. The second-order valence-electron chi connectivity index (χ2n) is 8.09. The van der Waals surface area contributed by atoms with Crippen molar-refractivity contribution in [3.63, 3.8) is 0 Å². The van der Waals surface area contributed by atoms with Crippen molar-refractivity contribution in [2.24, 2.45) is 5.92 Å². The number of likely N-dealkylation sites (tertiary alicyclic amines) is 1. The van der Waals surface area contributed by atoms with Gasteiger partial charge in [0, 0.05) is 43.5 Å². The van der Waals surface area contributed by atoms with E-state index in [9.17, 15) is 14.0 Å². The third-order valence-electron chi connectivity index (χ3n) is 6.07. The highest BCUT2D eigenvalue weighted by Crippen LogP contribution is 2.40. The largest absolute Gasteiger partial charge is 0.497 e. The van der Waals surface area contributed by atoms with Gasteiger partial charge in [0.2, 0.25) is 5.91 Å². The SMILES string of the molecule is COc1ccc(OC)c(C2CN(C(=O)c3ccccc3F)CC2C(=O)NCc2cccnc2)c1. The molecule has 8 heteroatoms. The highest BCUT2D eigenvalue weighted by atomic mass is 19.1. The molecular formula is C26H26FN3O4. The van der Waals surface area contributed by atoms with Gasteiger partial charge in [0.15, 0.2) is 0 Å². The van der Waals surface area contributed by atoms with Crippen LogP contribution in [0.3, 0.4) is 0 Å².